The van der Waals surface area contributed by atoms with Gasteiger partial charge in [-0.15, -0.1) is 0 Å². The number of rotatable bonds is 4. The Morgan fingerprint density at radius 2 is 1.30 bits per heavy atom. The van der Waals surface area contributed by atoms with E-state index in [4.69, 9.17) is 11.6 Å². The number of carbonyl (C=O) groups excluding carboxylic acids is 2. The first kappa shape index (κ1) is 17.6. The highest BCUT2D eigenvalue weighted by molar-refractivity contribution is 8.04. The zero-order valence-corrected chi connectivity index (χ0v) is 15.7. The molecule has 0 saturated carbocycles. The highest BCUT2D eigenvalue weighted by atomic mass is 35.5. The molecule has 0 atom stereocenters. The lowest BCUT2D eigenvalue weighted by atomic mass is 10.1. The third-order valence-corrected chi connectivity index (χ3v) is 5.49. The lowest BCUT2D eigenvalue weighted by molar-refractivity contribution is -0.119. The number of amides is 2. The van der Waals surface area contributed by atoms with Gasteiger partial charge >= 0.3 is 0 Å². The van der Waals surface area contributed by atoms with Crippen molar-refractivity contribution in [3.8, 4) is 0 Å². The standard InChI is InChI=1S/C22H14ClNO2S/c23-16-11-13-17(14-12-16)24-21(25)19(15-7-3-1-4-8-15)20(22(24)26)27-18-9-5-2-6-10-18/h1-14H. The summed E-state index contributed by atoms with van der Waals surface area (Å²) in [6.45, 7) is 0. The van der Waals surface area contributed by atoms with Crippen LogP contribution in [0, 0.1) is 0 Å². The maximum atomic E-state index is 13.2. The van der Waals surface area contributed by atoms with Gasteiger partial charge < -0.3 is 0 Å². The highest BCUT2D eigenvalue weighted by Crippen LogP contribution is 2.41. The predicted octanol–water partition coefficient (Wildman–Crippen LogP) is 5.42. The Kier molecular flexibility index (Phi) is 4.84. The van der Waals surface area contributed by atoms with Crippen LogP contribution in [0.4, 0.5) is 5.69 Å². The lowest BCUT2D eigenvalue weighted by Crippen LogP contribution is -2.31. The maximum Gasteiger partial charge on any atom is 0.272 e. The zero-order valence-electron chi connectivity index (χ0n) is 14.1. The van der Waals surface area contributed by atoms with Crippen molar-refractivity contribution in [3.63, 3.8) is 0 Å². The Morgan fingerprint density at radius 3 is 1.93 bits per heavy atom. The van der Waals surface area contributed by atoms with Gasteiger partial charge in [-0.25, -0.2) is 4.90 Å². The van der Waals surface area contributed by atoms with Gasteiger partial charge in [0.05, 0.1) is 16.2 Å². The van der Waals surface area contributed by atoms with E-state index in [1.54, 1.807) is 24.3 Å². The molecule has 3 aromatic carbocycles. The van der Waals surface area contributed by atoms with Crippen LogP contribution in [-0.4, -0.2) is 11.8 Å². The van der Waals surface area contributed by atoms with E-state index in [1.165, 1.54) is 16.7 Å². The Balaban J connectivity index is 1.81. The maximum absolute atomic E-state index is 13.2. The van der Waals surface area contributed by atoms with E-state index >= 15 is 0 Å². The van der Waals surface area contributed by atoms with Crippen LogP contribution >= 0.6 is 23.4 Å². The molecule has 0 saturated heterocycles. The van der Waals surface area contributed by atoms with Crippen molar-refractivity contribution in [1.82, 2.24) is 0 Å². The van der Waals surface area contributed by atoms with Gasteiger partial charge in [0, 0.05) is 9.92 Å². The zero-order chi connectivity index (χ0) is 18.8. The molecule has 1 aliphatic heterocycles. The number of imide groups is 1. The van der Waals surface area contributed by atoms with Gasteiger partial charge in [0.25, 0.3) is 11.8 Å². The second kappa shape index (κ2) is 7.43. The fourth-order valence-electron chi connectivity index (χ4n) is 2.89. The Hall–Kier alpha value is -2.82. The number of nitrogens with zero attached hydrogens (tertiary/aromatic N) is 1. The molecule has 0 aliphatic carbocycles. The topological polar surface area (TPSA) is 37.4 Å². The van der Waals surface area contributed by atoms with E-state index in [9.17, 15) is 9.59 Å². The first-order valence-electron chi connectivity index (χ1n) is 8.32. The third kappa shape index (κ3) is 3.42. The number of halogens is 1. The predicted molar refractivity (Wildman–Crippen MR) is 110 cm³/mol. The van der Waals surface area contributed by atoms with Gasteiger partial charge in [-0.3, -0.25) is 9.59 Å². The Morgan fingerprint density at radius 1 is 0.704 bits per heavy atom. The van der Waals surface area contributed by atoms with Crippen molar-refractivity contribution in [2.45, 2.75) is 4.90 Å². The van der Waals surface area contributed by atoms with E-state index in [0.717, 1.165) is 10.5 Å². The molecule has 3 nitrogen and oxygen atoms in total. The van der Waals surface area contributed by atoms with E-state index in [0.29, 0.717) is 21.2 Å². The number of hydrogen-bond acceptors (Lipinski definition) is 3. The summed E-state index contributed by atoms with van der Waals surface area (Å²) in [4.78, 5) is 28.9. The molecule has 132 valence electrons. The molecular weight excluding hydrogens is 378 g/mol. The Labute approximate surface area is 166 Å². The summed E-state index contributed by atoms with van der Waals surface area (Å²) in [6, 6.07) is 25.5. The Bertz CT molecular complexity index is 1030. The SMILES string of the molecule is O=C1C(Sc2ccccc2)=C(c2ccccc2)C(=O)N1c1ccc(Cl)cc1. The van der Waals surface area contributed by atoms with Crippen molar-refractivity contribution in [3.05, 3.63) is 100 Å². The second-order valence-corrected chi connectivity index (χ2v) is 7.43. The molecule has 5 heteroatoms. The smallest absolute Gasteiger partial charge is 0.268 e. The number of thioether (sulfide) groups is 1. The highest BCUT2D eigenvalue weighted by Gasteiger charge is 2.40. The van der Waals surface area contributed by atoms with Gasteiger partial charge in [0.2, 0.25) is 0 Å². The summed E-state index contributed by atoms with van der Waals surface area (Å²) in [6.07, 6.45) is 0. The first-order chi connectivity index (χ1) is 13.1. The summed E-state index contributed by atoms with van der Waals surface area (Å²) < 4.78 is 0. The van der Waals surface area contributed by atoms with Gasteiger partial charge in [-0.1, -0.05) is 71.9 Å². The van der Waals surface area contributed by atoms with Gasteiger partial charge in [0.15, 0.2) is 0 Å². The number of carbonyl (C=O) groups is 2. The summed E-state index contributed by atoms with van der Waals surface area (Å²) in [5, 5.41) is 0.549. The number of benzene rings is 3. The quantitative estimate of drug-likeness (QED) is 0.557. The molecule has 0 spiro atoms. The van der Waals surface area contributed by atoms with Crippen LogP contribution in [0.1, 0.15) is 5.56 Å². The molecule has 0 aromatic heterocycles. The number of hydrogen-bond donors (Lipinski definition) is 0. The van der Waals surface area contributed by atoms with Crippen LogP contribution in [0.2, 0.25) is 5.02 Å². The minimum absolute atomic E-state index is 0.324. The van der Waals surface area contributed by atoms with Gasteiger partial charge in [-0.2, -0.15) is 0 Å². The molecule has 0 radical (unpaired) electrons. The normalized spacial score (nSPS) is 14.2. The molecule has 1 aliphatic rings. The van der Waals surface area contributed by atoms with Crippen LogP contribution in [-0.2, 0) is 9.59 Å². The minimum Gasteiger partial charge on any atom is -0.268 e. The number of anilines is 1. The average molecular weight is 392 g/mol. The largest absolute Gasteiger partial charge is 0.272 e. The summed E-state index contributed by atoms with van der Waals surface area (Å²) in [7, 11) is 0. The molecule has 0 N–H and O–H groups in total. The summed E-state index contributed by atoms with van der Waals surface area (Å²) >= 11 is 7.26. The molecule has 0 unspecified atom stereocenters. The fourth-order valence-corrected chi connectivity index (χ4v) is 4.04. The summed E-state index contributed by atoms with van der Waals surface area (Å²) in [5.41, 5.74) is 1.65. The fraction of sp³-hybridized carbons (Fsp3) is 0. The van der Waals surface area contributed by atoms with Crippen LogP contribution in [0.25, 0.3) is 5.57 Å². The minimum atomic E-state index is -0.327. The van der Waals surface area contributed by atoms with Crippen molar-refractivity contribution < 1.29 is 9.59 Å². The van der Waals surface area contributed by atoms with Crippen molar-refractivity contribution >= 4 is 46.4 Å². The van der Waals surface area contributed by atoms with Gasteiger partial charge in [0.1, 0.15) is 0 Å². The van der Waals surface area contributed by atoms with E-state index < -0.39 is 0 Å². The molecule has 4 rings (SSSR count). The van der Waals surface area contributed by atoms with E-state index in [-0.39, 0.29) is 11.8 Å². The van der Waals surface area contributed by atoms with E-state index in [2.05, 4.69) is 0 Å². The van der Waals surface area contributed by atoms with Crippen LogP contribution in [0.5, 0.6) is 0 Å². The monoisotopic (exact) mass is 391 g/mol. The molecular formula is C22H14ClNO2S. The van der Waals surface area contributed by atoms with Crippen LogP contribution in [0.3, 0.4) is 0 Å². The lowest BCUT2D eigenvalue weighted by Gasteiger charge is -2.15. The van der Waals surface area contributed by atoms with Crippen molar-refractivity contribution in [2.75, 3.05) is 4.90 Å². The summed E-state index contributed by atoms with van der Waals surface area (Å²) in [5.74, 6) is -0.651. The average Bonchev–Trinajstić information content (AvgIpc) is 2.94. The van der Waals surface area contributed by atoms with Gasteiger partial charge in [-0.05, 0) is 42.0 Å². The third-order valence-electron chi connectivity index (χ3n) is 4.15. The molecule has 27 heavy (non-hydrogen) atoms. The van der Waals surface area contributed by atoms with Crippen LogP contribution in [0.15, 0.2) is 94.7 Å². The molecule has 0 fully saturated rings. The first-order valence-corrected chi connectivity index (χ1v) is 9.51. The van der Waals surface area contributed by atoms with Crippen molar-refractivity contribution in [2.24, 2.45) is 0 Å². The molecule has 0 bridgehead atoms. The molecule has 2 amide bonds. The van der Waals surface area contributed by atoms with Crippen LogP contribution < -0.4 is 4.90 Å². The molecule has 1 heterocycles. The second-order valence-electron chi connectivity index (χ2n) is 5.91. The molecule has 3 aromatic rings. The van der Waals surface area contributed by atoms with E-state index in [1.807, 2.05) is 60.7 Å². The van der Waals surface area contributed by atoms with Crippen molar-refractivity contribution in [1.29, 1.82) is 0 Å².